The maximum Gasteiger partial charge on any atom is 0.258 e. The zero-order chi connectivity index (χ0) is 13.0. The highest BCUT2D eigenvalue weighted by molar-refractivity contribution is 6.04. The van der Waals surface area contributed by atoms with Gasteiger partial charge in [-0.15, -0.1) is 0 Å². The SMILES string of the molecule is CNC(=O)c1cccc(NC(=O)c2ccoc2)c1. The number of carbonyl (C=O) groups excluding carboxylic acids is 2. The van der Waals surface area contributed by atoms with Gasteiger partial charge in [0.05, 0.1) is 11.8 Å². The predicted octanol–water partition coefficient (Wildman–Crippen LogP) is 1.89. The molecule has 5 heteroatoms. The van der Waals surface area contributed by atoms with Crippen molar-refractivity contribution < 1.29 is 14.0 Å². The second kappa shape index (κ2) is 5.18. The number of amides is 2. The molecular formula is C13H12N2O3. The number of carbonyl (C=O) groups is 2. The Kier molecular flexibility index (Phi) is 3.43. The Morgan fingerprint density at radius 1 is 1.11 bits per heavy atom. The smallest absolute Gasteiger partial charge is 0.258 e. The molecule has 0 atom stereocenters. The van der Waals surface area contributed by atoms with Gasteiger partial charge in [-0.25, -0.2) is 0 Å². The van der Waals surface area contributed by atoms with Gasteiger partial charge >= 0.3 is 0 Å². The summed E-state index contributed by atoms with van der Waals surface area (Å²) in [4.78, 5) is 23.2. The molecule has 0 aliphatic carbocycles. The Labute approximate surface area is 104 Å². The summed E-state index contributed by atoms with van der Waals surface area (Å²) in [5.74, 6) is -0.479. The maximum atomic E-state index is 11.8. The van der Waals surface area contributed by atoms with Gasteiger partial charge in [0.1, 0.15) is 6.26 Å². The van der Waals surface area contributed by atoms with Gasteiger partial charge in [0, 0.05) is 18.3 Å². The molecule has 1 heterocycles. The van der Waals surface area contributed by atoms with E-state index in [1.807, 2.05) is 0 Å². The molecule has 0 bridgehead atoms. The lowest BCUT2D eigenvalue weighted by molar-refractivity contribution is 0.0961. The number of anilines is 1. The van der Waals surface area contributed by atoms with E-state index in [1.165, 1.54) is 12.5 Å². The van der Waals surface area contributed by atoms with Crippen molar-refractivity contribution in [2.24, 2.45) is 0 Å². The van der Waals surface area contributed by atoms with Gasteiger partial charge in [-0.2, -0.15) is 0 Å². The molecule has 0 aliphatic heterocycles. The fraction of sp³-hybridized carbons (Fsp3) is 0.0769. The van der Waals surface area contributed by atoms with Gasteiger partial charge in [-0.3, -0.25) is 9.59 Å². The van der Waals surface area contributed by atoms with Gasteiger partial charge in [0.25, 0.3) is 11.8 Å². The molecule has 2 aromatic rings. The zero-order valence-electron chi connectivity index (χ0n) is 9.77. The Balaban J connectivity index is 2.15. The third kappa shape index (κ3) is 2.57. The van der Waals surface area contributed by atoms with Crippen LogP contribution in [0.15, 0.2) is 47.3 Å². The molecule has 0 radical (unpaired) electrons. The summed E-state index contributed by atoms with van der Waals surface area (Å²) < 4.78 is 4.83. The van der Waals surface area contributed by atoms with Crippen LogP contribution in [-0.2, 0) is 0 Å². The van der Waals surface area contributed by atoms with Crippen molar-refractivity contribution in [2.75, 3.05) is 12.4 Å². The molecule has 1 aromatic heterocycles. The van der Waals surface area contributed by atoms with Crippen LogP contribution in [0.1, 0.15) is 20.7 Å². The van der Waals surface area contributed by atoms with E-state index in [1.54, 1.807) is 37.4 Å². The van der Waals surface area contributed by atoms with Crippen LogP contribution in [-0.4, -0.2) is 18.9 Å². The highest BCUT2D eigenvalue weighted by Gasteiger charge is 2.08. The van der Waals surface area contributed by atoms with Crippen molar-refractivity contribution in [2.45, 2.75) is 0 Å². The summed E-state index contributed by atoms with van der Waals surface area (Å²) in [7, 11) is 1.55. The van der Waals surface area contributed by atoms with Crippen molar-refractivity contribution in [1.29, 1.82) is 0 Å². The topological polar surface area (TPSA) is 71.3 Å². The average molecular weight is 244 g/mol. The second-order valence-electron chi connectivity index (χ2n) is 3.63. The van der Waals surface area contributed by atoms with Crippen LogP contribution in [0.2, 0.25) is 0 Å². The molecule has 0 unspecified atom stereocenters. The first-order valence-electron chi connectivity index (χ1n) is 5.36. The lowest BCUT2D eigenvalue weighted by atomic mass is 10.2. The van der Waals surface area contributed by atoms with E-state index in [4.69, 9.17) is 4.42 Å². The van der Waals surface area contributed by atoms with Crippen LogP contribution in [0.4, 0.5) is 5.69 Å². The van der Waals surface area contributed by atoms with Crippen molar-refractivity contribution in [1.82, 2.24) is 5.32 Å². The molecule has 2 amide bonds. The summed E-state index contributed by atoms with van der Waals surface area (Å²) in [5.41, 5.74) is 1.48. The van der Waals surface area contributed by atoms with Crippen LogP contribution >= 0.6 is 0 Å². The monoisotopic (exact) mass is 244 g/mol. The molecule has 0 fully saturated rings. The lowest BCUT2D eigenvalue weighted by Crippen LogP contribution is -2.18. The first-order valence-corrected chi connectivity index (χ1v) is 5.36. The highest BCUT2D eigenvalue weighted by atomic mass is 16.3. The van der Waals surface area contributed by atoms with E-state index in [9.17, 15) is 9.59 Å². The molecule has 0 saturated carbocycles. The predicted molar refractivity (Wildman–Crippen MR) is 66.5 cm³/mol. The summed E-state index contributed by atoms with van der Waals surface area (Å²) >= 11 is 0. The molecule has 0 aliphatic rings. The van der Waals surface area contributed by atoms with E-state index >= 15 is 0 Å². The summed E-state index contributed by atoms with van der Waals surface area (Å²) in [5, 5.41) is 5.21. The standard InChI is InChI=1S/C13H12N2O3/c1-14-12(16)9-3-2-4-11(7-9)15-13(17)10-5-6-18-8-10/h2-8H,1H3,(H,14,16)(H,15,17). The summed E-state index contributed by atoms with van der Waals surface area (Å²) in [6, 6.07) is 8.26. The third-order valence-corrected chi connectivity index (χ3v) is 2.39. The molecule has 1 aromatic carbocycles. The quantitative estimate of drug-likeness (QED) is 0.866. The van der Waals surface area contributed by atoms with Gasteiger partial charge in [0.15, 0.2) is 0 Å². The Hall–Kier alpha value is -2.56. The number of benzene rings is 1. The van der Waals surface area contributed by atoms with Crippen LogP contribution in [0, 0.1) is 0 Å². The fourth-order valence-corrected chi connectivity index (χ4v) is 1.48. The first kappa shape index (κ1) is 11.9. The lowest BCUT2D eigenvalue weighted by Gasteiger charge is -2.05. The zero-order valence-corrected chi connectivity index (χ0v) is 9.77. The van der Waals surface area contributed by atoms with E-state index in [-0.39, 0.29) is 11.8 Å². The van der Waals surface area contributed by atoms with Gasteiger partial charge in [-0.05, 0) is 24.3 Å². The molecule has 18 heavy (non-hydrogen) atoms. The number of furan rings is 1. The molecular weight excluding hydrogens is 232 g/mol. The van der Waals surface area contributed by atoms with Gasteiger partial charge in [0.2, 0.25) is 0 Å². The van der Waals surface area contributed by atoms with Crippen LogP contribution in [0.5, 0.6) is 0 Å². The Bertz CT molecular complexity index is 561. The molecule has 2 N–H and O–H groups in total. The van der Waals surface area contributed by atoms with E-state index in [2.05, 4.69) is 10.6 Å². The number of hydrogen-bond acceptors (Lipinski definition) is 3. The number of nitrogens with one attached hydrogen (secondary N) is 2. The highest BCUT2D eigenvalue weighted by Crippen LogP contribution is 2.12. The van der Waals surface area contributed by atoms with Crippen molar-refractivity contribution in [3.05, 3.63) is 54.0 Å². The third-order valence-electron chi connectivity index (χ3n) is 2.39. The number of hydrogen-bond donors (Lipinski definition) is 2. The first-order chi connectivity index (χ1) is 8.70. The van der Waals surface area contributed by atoms with Crippen LogP contribution < -0.4 is 10.6 Å². The van der Waals surface area contributed by atoms with Gasteiger partial charge < -0.3 is 15.1 Å². The number of rotatable bonds is 3. The molecule has 5 nitrogen and oxygen atoms in total. The minimum Gasteiger partial charge on any atom is -0.472 e. The minimum atomic E-state index is -0.280. The summed E-state index contributed by atoms with van der Waals surface area (Å²) in [6.07, 6.45) is 2.79. The van der Waals surface area contributed by atoms with Crippen molar-refractivity contribution in [3.63, 3.8) is 0 Å². The molecule has 92 valence electrons. The van der Waals surface area contributed by atoms with Gasteiger partial charge in [-0.1, -0.05) is 6.07 Å². The van der Waals surface area contributed by atoms with E-state index in [0.29, 0.717) is 16.8 Å². The van der Waals surface area contributed by atoms with Crippen LogP contribution in [0.25, 0.3) is 0 Å². The molecule has 0 saturated heterocycles. The molecule has 2 rings (SSSR count). The van der Waals surface area contributed by atoms with Crippen molar-refractivity contribution >= 4 is 17.5 Å². The van der Waals surface area contributed by atoms with E-state index < -0.39 is 0 Å². The average Bonchev–Trinajstić information content (AvgIpc) is 2.92. The van der Waals surface area contributed by atoms with E-state index in [0.717, 1.165) is 0 Å². The normalized spacial score (nSPS) is 9.83. The summed E-state index contributed by atoms with van der Waals surface area (Å²) in [6.45, 7) is 0. The minimum absolute atomic E-state index is 0.200. The Morgan fingerprint density at radius 2 is 1.94 bits per heavy atom. The van der Waals surface area contributed by atoms with Crippen LogP contribution in [0.3, 0.4) is 0 Å². The fourth-order valence-electron chi connectivity index (χ4n) is 1.48. The Morgan fingerprint density at radius 3 is 2.61 bits per heavy atom. The molecule has 0 spiro atoms. The van der Waals surface area contributed by atoms with Crippen molar-refractivity contribution in [3.8, 4) is 0 Å². The largest absolute Gasteiger partial charge is 0.472 e. The second-order valence-corrected chi connectivity index (χ2v) is 3.63. The maximum absolute atomic E-state index is 11.8.